The normalized spacial score (nSPS) is 12.5. The number of nitrogens with zero attached hydrogens (tertiary/aromatic N) is 1. The van der Waals surface area contributed by atoms with Gasteiger partial charge in [0.25, 0.3) is 21.6 Å². The highest BCUT2D eigenvalue weighted by Crippen LogP contribution is 2.21. The number of nitro benzene ring substituents is 1. The Labute approximate surface area is 228 Å². The minimum Gasteiger partial charge on any atom is -0.394 e. The number of nitrogens with one attached hydrogen (secondary N) is 3. The van der Waals surface area contributed by atoms with E-state index >= 15 is 0 Å². The van der Waals surface area contributed by atoms with Crippen molar-refractivity contribution in [3.63, 3.8) is 0 Å². The Hall–Kier alpha value is -2.68. The van der Waals surface area contributed by atoms with Crippen molar-refractivity contribution in [2.75, 3.05) is 13.2 Å². The van der Waals surface area contributed by atoms with Crippen LogP contribution >= 0.6 is 34.8 Å². The van der Waals surface area contributed by atoms with E-state index in [4.69, 9.17) is 39.9 Å². The molecule has 37 heavy (non-hydrogen) atoms. The third-order valence-electron chi connectivity index (χ3n) is 4.44. The molecule has 204 valence electrons. The van der Waals surface area contributed by atoms with Gasteiger partial charge >= 0.3 is 6.03 Å². The highest BCUT2D eigenvalue weighted by molar-refractivity contribution is 7.90. The summed E-state index contributed by atoms with van der Waals surface area (Å²) in [6.45, 7) is 1.74. The van der Waals surface area contributed by atoms with Crippen LogP contribution in [-0.2, 0) is 14.8 Å². The Morgan fingerprint density at radius 3 is 2.11 bits per heavy atom. The number of alkyl halides is 2. The highest BCUT2D eigenvalue weighted by atomic mass is 35.5. The molecule has 0 heterocycles. The number of hydrogen-bond donors (Lipinski definition) is 5. The number of urea groups is 1. The highest BCUT2D eigenvalue weighted by Gasteiger charge is 2.25. The predicted octanol–water partition coefficient (Wildman–Crippen LogP) is 2.65. The van der Waals surface area contributed by atoms with E-state index in [1.165, 1.54) is 48.5 Å². The standard InChI is InChI=1S/C11H12Cl2N2O5.C10H13ClN2O3S/c12-10(13)11(18)14-8(5-16)9(17)6-1-3-7(4-2-6)15(19)20;1-2-7-12-10(14)13-17(15,16)9-5-3-8(11)4-6-9/h1-4,8-10,16-17H,5H2,(H,14,18);3-6H,2,7H2,1H3,(H2,12,13,14)/t8-,9-;/m1./s1. The first-order chi connectivity index (χ1) is 17.3. The zero-order valence-corrected chi connectivity index (χ0v) is 22.4. The Bertz CT molecular complexity index is 1150. The number of sulfonamides is 1. The Morgan fingerprint density at radius 1 is 1.08 bits per heavy atom. The number of carbonyl (C=O) groups is 2. The number of nitro groups is 1. The fourth-order valence-electron chi connectivity index (χ4n) is 2.56. The van der Waals surface area contributed by atoms with Crippen LogP contribution in [0.4, 0.5) is 10.5 Å². The van der Waals surface area contributed by atoms with Gasteiger partial charge in [-0.15, -0.1) is 0 Å². The molecule has 2 aromatic rings. The first-order valence-electron chi connectivity index (χ1n) is 10.5. The minimum atomic E-state index is -3.83. The van der Waals surface area contributed by atoms with Crippen LogP contribution in [0.5, 0.6) is 0 Å². The molecular formula is C21H25Cl3N4O8S. The summed E-state index contributed by atoms with van der Waals surface area (Å²) in [6, 6.07) is 8.87. The fraction of sp³-hybridized carbons (Fsp3) is 0.333. The first kappa shape index (κ1) is 32.3. The molecule has 0 unspecified atom stereocenters. The lowest BCUT2D eigenvalue weighted by Gasteiger charge is -2.22. The summed E-state index contributed by atoms with van der Waals surface area (Å²) in [5.74, 6) is -0.756. The summed E-state index contributed by atoms with van der Waals surface area (Å²) in [6.07, 6.45) is -0.522. The molecule has 0 fully saturated rings. The molecule has 0 saturated heterocycles. The average molecular weight is 600 g/mol. The van der Waals surface area contributed by atoms with Crippen LogP contribution in [0.1, 0.15) is 25.0 Å². The molecule has 12 nitrogen and oxygen atoms in total. The molecule has 0 saturated carbocycles. The number of aliphatic hydroxyl groups excluding tert-OH is 2. The Balaban J connectivity index is 0.000000375. The molecular weight excluding hydrogens is 575 g/mol. The molecule has 2 aromatic carbocycles. The van der Waals surface area contributed by atoms with Gasteiger partial charge in [0.1, 0.15) is 6.10 Å². The molecule has 0 aliphatic carbocycles. The van der Waals surface area contributed by atoms with Gasteiger partial charge in [0.05, 0.1) is 22.5 Å². The van der Waals surface area contributed by atoms with E-state index in [2.05, 4.69) is 10.6 Å². The summed E-state index contributed by atoms with van der Waals surface area (Å²) < 4.78 is 25.3. The molecule has 0 aliphatic heterocycles. The van der Waals surface area contributed by atoms with Crippen molar-refractivity contribution in [2.24, 2.45) is 0 Å². The second-order valence-corrected chi connectivity index (χ2v) is 10.4. The second kappa shape index (κ2) is 15.5. The van der Waals surface area contributed by atoms with Crippen molar-refractivity contribution in [2.45, 2.75) is 35.2 Å². The molecule has 0 aromatic heterocycles. The summed E-state index contributed by atoms with van der Waals surface area (Å²) >= 11 is 16.3. The molecule has 2 atom stereocenters. The zero-order chi connectivity index (χ0) is 28.2. The largest absolute Gasteiger partial charge is 0.394 e. The lowest BCUT2D eigenvalue weighted by Crippen LogP contribution is -2.44. The van der Waals surface area contributed by atoms with Gasteiger partial charge in [-0.3, -0.25) is 14.9 Å². The molecule has 0 spiro atoms. The molecule has 2 rings (SSSR count). The maximum Gasteiger partial charge on any atom is 0.328 e. The zero-order valence-electron chi connectivity index (χ0n) is 19.3. The van der Waals surface area contributed by atoms with Crippen molar-refractivity contribution in [3.05, 3.63) is 69.2 Å². The van der Waals surface area contributed by atoms with Crippen LogP contribution in [-0.4, -0.2) is 59.5 Å². The second-order valence-electron chi connectivity index (χ2n) is 7.21. The van der Waals surface area contributed by atoms with Gasteiger partial charge in [-0.1, -0.05) is 41.7 Å². The van der Waals surface area contributed by atoms with Crippen LogP contribution in [0.25, 0.3) is 0 Å². The van der Waals surface area contributed by atoms with Gasteiger partial charge in [0.15, 0.2) is 4.84 Å². The van der Waals surface area contributed by atoms with Gasteiger partial charge in [-0.05, 0) is 48.4 Å². The number of non-ortho nitro benzene ring substituents is 1. The molecule has 0 bridgehead atoms. The topological polar surface area (TPSA) is 188 Å². The number of benzene rings is 2. The number of amides is 3. The van der Waals surface area contributed by atoms with Crippen LogP contribution < -0.4 is 15.4 Å². The molecule has 0 radical (unpaired) electrons. The smallest absolute Gasteiger partial charge is 0.328 e. The van der Waals surface area contributed by atoms with Crippen molar-refractivity contribution in [3.8, 4) is 0 Å². The molecule has 16 heteroatoms. The molecule has 0 aliphatic rings. The number of hydrogen-bond acceptors (Lipinski definition) is 8. The molecule has 5 N–H and O–H groups in total. The maximum absolute atomic E-state index is 11.7. The number of aliphatic hydroxyl groups is 2. The lowest BCUT2D eigenvalue weighted by atomic mass is 10.0. The number of halogens is 3. The van der Waals surface area contributed by atoms with Crippen LogP contribution in [0.2, 0.25) is 5.02 Å². The third kappa shape index (κ3) is 11.1. The van der Waals surface area contributed by atoms with Crippen LogP contribution in [0.3, 0.4) is 0 Å². The van der Waals surface area contributed by atoms with E-state index in [0.717, 1.165) is 6.42 Å². The van der Waals surface area contributed by atoms with Crippen molar-refractivity contribution >= 4 is 62.5 Å². The summed E-state index contributed by atoms with van der Waals surface area (Å²) in [7, 11) is -3.83. The first-order valence-corrected chi connectivity index (χ1v) is 13.2. The van der Waals surface area contributed by atoms with E-state index in [-0.39, 0.29) is 10.6 Å². The average Bonchev–Trinajstić information content (AvgIpc) is 2.85. The summed E-state index contributed by atoms with van der Waals surface area (Å²) in [5, 5.41) is 34.8. The fourth-order valence-corrected chi connectivity index (χ4v) is 3.75. The van der Waals surface area contributed by atoms with Crippen molar-refractivity contribution in [1.82, 2.24) is 15.4 Å². The van der Waals surface area contributed by atoms with Gasteiger partial charge in [-0.2, -0.15) is 0 Å². The Kier molecular flexibility index (Phi) is 13.6. The van der Waals surface area contributed by atoms with Gasteiger partial charge in [-0.25, -0.2) is 17.9 Å². The maximum atomic E-state index is 11.7. The van der Waals surface area contributed by atoms with E-state index in [1.807, 2.05) is 11.6 Å². The number of rotatable bonds is 10. The monoisotopic (exact) mass is 598 g/mol. The minimum absolute atomic E-state index is 0.00597. The van der Waals surface area contributed by atoms with Crippen molar-refractivity contribution < 1.29 is 33.1 Å². The quantitative estimate of drug-likeness (QED) is 0.156. The van der Waals surface area contributed by atoms with E-state index in [1.54, 1.807) is 0 Å². The lowest BCUT2D eigenvalue weighted by molar-refractivity contribution is -0.384. The van der Waals surface area contributed by atoms with Crippen molar-refractivity contribution in [1.29, 1.82) is 0 Å². The van der Waals surface area contributed by atoms with E-state index < -0.39 is 50.5 Å². The van der Waals surface area contributed by atoms with Crippen LogP contribution in [0, 0.1) is 10.1 Å². The van der Waals surface area contributed by atoms with Gasteiger partial charge < -0.3 is 20.8 Å². The third-order valence-corrected chi connectivity index (χ3v) is 6.43. The van der Waals surface area contributed by atoms with Gasteiger partial charge in [0, 0.05) is 23.7 Å². The summed E-state index contributed by atoms with van der Waals surface area (Å²) in [4.78, 5) is 31.1. The SMILES string of the molecule is CCCNC(=O)NS(=O)(=O)c1ccc(Cl)cc1.O=C(N[C@H](CO)[C@H](O)c1ccc([N+](=O)[O-])cc1)C(Cl)Cl. The van der Waals surface area contributed by atoms with Crippen LogP contribution in [0.15, 0.2) is 53.4 Å². The Morgan fingerprint density at radius 2 is 1.65 bits per heavy atom. The summed E-state index contributed by atoms with van der Waals surface area (Å²) in [5.41, 5.74) is 0.169. The molecule has 3 amide bonds. The van der Waals surface area contributed by atoms with E-state index in [0.29, 0.717) is 17.1 Å². The van der Waals surface area contributed by atoms with Gasteiger partial charge in [0.2, 0.25) is 0 Å². The number of carbonyl (C=O) groups excluding carboxylic acids is 2. The van der Waals surface area contributed by atoms with E-state index in [9.17, 15) is 33.2 Å². The predicted molar refractivity (Wildman–Crippen MR) is 138 cm³/mol.